The van der Waals surface area contributed by atoms with Crippen molar-refractivity contribution in [2.24, 2.45) is 0 Å². The number of aryl methyl sites for hydroxylation is 1. The lowest BCUT2D eigenvalue weighted by atomic mass is 10.0. The summed E-state index contributed by atoms with van der Waals surface area (Å²) in [5.74, 6) is 0.763. The molecule has 2 aromatic rings. The molecule has 0 aromatic carbocycles. The molecule has 0 radical (unpaired) electrons. The Labute approximate surface area is 120 Å². The monoisotopic (exact) mass is 271 g/mol. The van der Waals surface area contributed by atoms with Gasteiger partial charge in [0.25, 0.3) is 0 Å². The zero-order valence-electron chi connectivity index (χ0n) is 12.3. The van der Waals surface area contributed by atoms with Gasteiger partial charge in [0.15, 0.2) is 0 Å². The van der Waals surface area contributed by atoms with Gasteiger partial charge >= 0.3 is 0 Å². The van der Waals surface area contributed by atoms with Crippen LogP contribution in [0.1, 0.15) is 36.2 Å². The maximum atomic E-state index is 5.26. The Hall–Kier alpha value is -1.94. The Balaban J connectivity index is 2.38. The quantitative estimate of drug-likeness (QED) is 0.877. The third-order valence-electron chi connectivity index (χ3n) is 3.23. The topological polar surface area (TPSA) is 47.0 Å². The maximum Gasteiger partial charge on any atom is 0.137 e. The van der Waals surface area contributed by atoms with Gasteiger partial charge in [0, 0.05) is 12.4 Å². The fourth-order valence-corrected chi connectivity index (χ4v) is 2.17. The number of aromatic nitrogens is 2. The van der Waals surface area contributed by atoms with Crippen LogP contribution in [0.4, 0.5) is 0 Å². The standard InChI is InChI=1S/C16H21N3O/c1-4-7-18-16(15-12(2)6-5-8-19-15)13-9-14(20-3)11-17-10-13/h5-6,8-11,16,18H,4,7H2,1-3H3. The molecule has 106 valence electrons. The summed E-state index contributed by atoms with van der Waals surface area (Å²) >= 11 is 0. The first-order valence-electron chi connectivity index (χ1n) is 6.90. The Morgan fingerprint density at radius 3 is 2.90 bits per heavy atom. The van der Waals surface area contributed by atoms with E-state index in [1.165, 1.54) is 5.56 Å². The van der Waals surface area contributed by atoms with Gasteiger partial charge in [-0.25, -0.2) is 0 Å². The smallest absolute Gasteiger partial charge is 0.137 e. The summed E-state index contributed by atoms with van der Waals surface area (Å²) in [7, 11) is 1.65. The molecule has 1 unspecified atom stereocenters. The summed E-state index contributed by atoms with van der Waals surface area (Å²) in [6.45, 7) is 5.16. The second-order valence-corrected chi connectivity index (χ2v) is 4.75. The summed E-state index contributed by atoms with van der Waals surface area (Å²) in [6, 6.07) is 6.09. The minimum absolute atomic E-state index is 0.0405. The first-order chi connectivity index (χ1) is 9.76. The summed E-state index contributed by atoms with van der Waals surface area (Å²) < 4.78 is 5.26. The highest BCUT2D eigenvalue weighted by molar-refractivity contribution is 5.34. The molecule has 0 saturated heterocycles. The average Bonchev–Trinajstić information content (AvgIpc) is 2.49. The number of nitrogens with one attached hydrogen (secondary N) is 1. The van der Waals surface area contributed by atoms with Crippen LogP contribution in [0.15, 0.2) is 36.8 Å². The van der Waals surface area contributed by atoms with E-state index in [0.29, 0.717) is 0 Å². The minimum atomic E-state index is 0.0405. The van der Waals surface area contributed by atoms with Crippen molar-refractivity contribution in [1.82, 2.24) is 15.3 Å². The van der Waals surface area contributed by atoms with E-state index in [9.17, 15) is 0 Å². The molecular formula is C16H21N3O. The first kappa shape index (κ1) is 14.5. The molecule has 0 bridgehead atoms. The number of rotatable bonds is 6. The summed E-state index contributed by atoms with van der Waals surface area (Å²) in [5, 5.41) is 3.54. The fraction of sp³-hybridized carbons (Fsp3) is 0.375. The van der Waals surface area contributed by atoms with Crippen molar-refractivity contribution in [3.8, 4) is 5.75 Å². The van der Waals surface area contributed by atoms with Crippen LogP contribution in [0.2, 0.25) is 0 Å². The van der Waals surface area contributed by atoms with Crippen LogP contribution in [0, 0.1) is 6.92 Å². The second kappa shape index (κ2) is 7.01. The van der Waals surface area contributed by atoms with E-state index in [2.05, 4.69) is 35.2 Å². The van der Waals surface area contributed by atoms with Crippen molar-refractivity contribution >= 4 is 0 Å². The van der Waals surface area contributed by atoms with Gasteiger partial charge in [-0.1, -0.05) is 13.0 Å². The molecule has 2 rings (SSSR count). The summed E-state index contributed by atoms with van der Waals surface area (Å²) in [5.41, 5.74) is 3.28. The number of methoxy groups -OCH3 is 1. The highest BCUT2D eigenvalue weighted by Gasteiger charge is 2.17. The highest BCUT2D eigenvalue weighted by atomic mass is 16.5. The zero-order chi connectivity index (χ0) is 14.4. The number of hydrogen-bond donors (Lipinski definition) is 1. The van der Waals surface area contributed by atoms with Crippen molar-refractivity contribution < 1.29 is 4.74 Å². The van der Waals surface area contributed by atoms with E-state index >= 15 is 0 Å². The molecule has 1 N–H and O–H groups in total. The van der Waals surface area contributed by atoms with Gasteiger partial charge in [-0.05, 0) is 43.1 Å². The van der Waals surface area contributed by atoms with Gasteiger partial charge < -0.3 is 10.1 Å². The van der Waals surface area contributed by atoms with Gasteiger partial charge in [0.2, 0.25) is 0 Å². The lowest BCUT2D eigenvalue weighted by Crippen LogP contribution is -2.25. The van der Waals surface area contributed by atoms with E-state index in [1.54, 1.807) is 13.3 Å². The van der Waals surface area contributed by atoms with Crippen LogP contribution in [-0.2, 0) is 0 Å². The zero-order valence-corrected chi connectivity index (χ0v) is 12.3. The van der Waals surface area contributed by atoms with Crippen LogP contribution in [0.5, 0.6) is 5.75 Å². The number of pyridine rings is 2. The SMILES string of the molecule is CCCNC(c1cncc(OC)c1)c1ncccc1C. The number of ether oxygens (including phenoxy) is 1. The van der Waals surface area contributed by atoms with Crippen molar-refractivity contribution in [1.29, 1.82) is 0 Å². The van der Waals surface area contributed by atoms with Crippen molar-refractivity contribution in [2.45, 2.75) is 26.3 Å². The number of nitrogens with zero attached hydrogens (tertiary/aromatic N) is 2. The summed E-state index contributed by atoms with van der Waals surface area (Å²) in [6.07, 6.45) is 6.48. The molecule has 0 aliphatic rings. The van der Waals surface area contributed by atoms with Gasteiger partial charge in [-0.15, -0.1) is 0 Å². The normalized spacial score (nSPS) is 12.2. The lowest BCUT2D eigenvalue weighted by molar-refractivity contribution is 0.411. The fourth-order valence-electron chi connectivity index (χ4n) is 2.17. The van der Waals surface area contributed by atoms with Crippen LogP contribution in [0.3, 0.4) is 0 Å². The molecule has 0 fully saturated rings. The Kier molecular flexibility index (Phi) is 5.07. The molecule has 1 atom stereocenters. The lowest BCUT2D eigenvalue weighted by Gasteiger charge is -2.20. The largest absolute Gasteiger partial charge is 0.495 e. The molecule has 0 saturated carbocycles. The van der Waals surface area contributed by atoms with Crippen molar-refractivity contribution in [3.05, 3.63) is 53.6 Å². The van der Waals surface area contributed by atoms with Crippen LogP contribution in [-0.4, -0.2) is 23.6 Å². The molecule has 0 amide bonds. The molecule has 2 heterocycles. The Morgan fingerprint density at radius 1 is 1.35 bits per heavy atom. The predicted octanol–water partition coefficient (Wildman–Crippen LogP) is 2.88. The van der Waals surface area contributed by atoms with Crippen LogP contribution in [0.25, 0.3) is 0 Å². The maximum absolute atomic E-state index is 5.26. The van der Waals surface area contributed by atoms with Gasteiger partial charge in [-0.2, -0.15) is 0 Å². The average molecular weight is 271 g/mol. The molecule has 4 heteroatoms. The molecule has 20 heavy (non-hydrogen) atoms. The minimum Gasteiger partial charge on any atom is -0.495 e. The highest BCUT2D eigenvalue weighted by Crippen LogP contribution is 2.24. The molecule has 0 aliphatic heterocycles. The van der Waals surface area contributed by atoms with Crippen LogP contribution < -0.4 is 10.1 Å². The van der Waals surface area contributed by atoms with Crippen molar-refractivity contribution in [3.63, 3.8) is 0 Å². The van der Waals surface area contributed by atoms with E-state index in [1.807, 2.05) is 24.5 Å². The van der Waals surface area contributed by atoms with Gasteiger partial charge in [0.05, 0.1) is 25.0 Å². The molecule has 0 spiro atoms. The Bertz CT molecular complexity index is 557. The molecular weight excluding hydrogens is 250 g/mol. The Morgan fingerprint density at radius 2 is 2.20 bits per heavy atom. The predicted molar refractivity (Wildman–Crippen MR) is 79.9 cm³/mol. The van der Waals surface area contributed by atoms with Gasteiger partial charge in [0.1, 0.15) is 5.75 Å². The van der Waals surface area contributed by atoms with Crippen LogP contribution >= 0.6 is 0 Å². The van der Waals surface area contributed by atoms with Gasteiger partial charge in [-0.3, -0.25) is 9.97 Å². The van der Waals surface area contributed by atoms with E-state index in [-0.39, 0.29) is 6.04 Å². The third-order valence-corrected chi connectivity index (χ3v) is 3.23. The first-order valence-corrected chi connectivity index (χ1v) is 6.90. The third kappa shape index (κ3) is 3.33. The molecule has 0 aliphatic carbocycles. The molecule has 2 aromatic heterocycles. The summed E-state index contributed by atoms with van der Waals surface area (Å²) in [4.78, 5) is 8.78. The van der Waals surface area contributed by atoms with E-state index in [0.717, 1.165) is 30.0 Å². The molecule has 4 nitrogen and oxygen atoms in total. The van der Waals surface area contributed by atoms with E-state index in [4.69, 9.17) is 4.74 Å². The van der Waals surface area contributed by atoms with Crippen molar-refractivity contribution in [2.75, 3.05) is 13.7 Å². The number of hydrogen-bond acceptors (Lipinski definition) is 4. The van der Waals surface area contributed by atoms with E-state index < -0.39 is 0 Å². The second-order valence-electron chi connectivity index (χ2n) is 4.75.